The van der Waals surface area contributed by atoms with Crippen molar-refractivity contribution in [2.75, 3.05) is 6.54 Å². The molecule has 0 bridgehead atoms. The number of hydrogen-bond acceptors (Lipinski definition) is 1. The second-order valence-electron chi connectivity index (χ2n) is 6.21. The fourth-order valence-corrected chi connectivity index (χ4v) is 3.26. The van der Waals surface area contributed by atoms with Gasteiger partial charge in [-0.1, -0.05) is 32.8 Å². The minimum absolute atomic E-state index is 0.0956. The summed E-state index contributed by atoms with van der Waals surface area (Å²) in [6, 6.07) is 5.78. The van der Waals surface area contributed by atoms with Gasteiger partial charge < -0.3 is 5.32 Å². The maximum Gasteiger partial charge on any atom is 0.123 e. The minimum Gasteiger partial charge on any atom is -0.314 e. The molecular weight excluding hydrogens is 237 g/mol. The molecule has 1 N–H and O–H groups in total. The molecule has 0 aliphatic heterocycles. The van der Waals surface area contributed by atoms with E-state index in [0.717, 1.165) is 6.54 Å². The first-order valence-electron chi connectivity index (χ1n) is 7.57. The van der Waals surface area contributed by atoms with E-state index < -0.39 is 0 Å². The van der Waals surface area contributed by atoms with Crippen LogP contribution in [0.4, 0.5) is 4.39 Å². The van der Waals surface area contributed by atoms with Crippen LogP contribution in [-0.2, 0) is 0 Å². The van der Waals surface area contributed by atoms with Gasteiger partial charge in [-0.15, -0.1) is 0 Å². The summed E-state index contributed by atoms with van der Waals surface area (Å²) in [5.41, 5.74) is 2.47. The third kappa shape index (κ3) is 3.79. The van der Waals surface area contributed by atoms with Gasteiger partial charge in [0.05, 0.1) is 0 Å². The summed E-state index contributed by atoms with van der Waals surface area (Å²) < 4.78 is 13.5. The zero-order chi connectivity index (χ0) is 13.8. The van der Waals surface area contributed by atoms with Crippen molar-refractivity contribution in [2.24, 2.45) is 5.92 Å². The fraction of sp³-hybridized carbons (Fsp3) is 0.647. The van der Waals surface area contributed by atoms with Gasteiger partial charge in [0.2, 0.25) is 0 Å². The maximum absolute atomic E-state index is 13.5. The number of benzene rings is 1. The van der Waals surface area contributed by atoms with Crippen molar-refractivity contribution < 1.29 is 4.39 Å². The molecule has 2 heteroatoms. The summed E-state index contributed by atoms with van der Waals surface area (Å²) in [7, 11) is 0. The van der Waals surface area contributed by atoms with Gasteiger partial charge in [0.1, 0.15) is 5.82 Å². The monoisotopic (exact) mass is 263 g/mol. The molecule has 1 fully saturated rings. The lowest BCUT2D eigenvalue weighted by Gasteiger charge is -2.33. The Kier molecular flexibility index (Phi) is 4.98. The third-order valence-corrected chi connectivity index (χ3v) is 4.34. The zero-order valence-corrected chi connectivity index (χ0v) is 12.4. The summed E-state index contributed by atoms with van der Waals surface area (Å²) >= 11 is 0. The highest BCUT2D eigenvalue weighted by atomic mass is 19.1. The third-order valence-electron chi connectivity index (χ3n) is 4.34. The van der Waals surface area contributed by atoms with Crippen LogP contribution >= 0.6 is 0 Å². The van der Waals surface area contributed by atoms with Gasteiger partial charge in [-0.25, -0.2) is 4.39 Å². The lowest BCUT2D eigenvalue weighted by molar-refractivity contribution is 0.288. The molecule has 0 aromatic heterocycles. The van der Waals surface area contributed by atoms with Gasteiger partial charge in [0, 0.05) is 6.04 Å². The minimum atomic E-state index is -0.0956. The number of nitrogens with one attached hydrogen (secondary N) is 1. The molecule has 1 nitrogen and oxygen atoms in total. The predicted octanol–water partition coefficient (Wildman–Crippen LogP) is 4.41. The summed E-state index contributed by atoms with van der Waals surface area (Å²) in [5, 5.41) is 3.56. The molecule has 106 valence electrons. The lowest BCUT2D eigenvalue weighted by atomic mass is 9.74. The Balaban J connectivity index is 2.16. The first-order valence-corrected chi connectivity index (χ1v) is 7.57. The Morgan fingerprint density at radius 2 is 2.00 bits per heavy atom. The summed E-state index contributed by atoms with van der Waals surface area (Å²) in [6.45, 7) is 7.53. The van der Waals surface area contributed by atoms with E-state index in [9.17, 15) is 4.39 Å². The average molecular weight is 263 g/mol. The first-order chi connectivity index (χ1) is 9.08. The molecule has 2 atom stereocenters. The van der Waals surface area contributed by atoms with Crippen molar-refractivity contribution in [2.45, 2.75) is 58.4 Å². The quantitative estimate of drug-likeness (QED) is 0.848. The molecule has 2 rings (SSSR count). The molecule has 2 unspecified atom stereocenters. The van der Waals surface area contributed by atoms with E-state index in [1.165, 1.54) is 36.8 Å². The van der Waals surface area contributed by atoms with Gasteiger partial charge in [-0.05, 0) is 61.4 Å². The lowest BCUT2D eigenvalue weighted by Crippen LogP contribution is -2.33. The van der Waals surface area contributed by atoms with Crippen molar-refractivity contribution in [1.29, 1.82) is 0 Å². The largest absolute Gasteiger partial charge is 0.314 e. The number of aryl methyl sites for hydroxylation is 1. The Labute approximate surface area is 116 Å². The normalized spacial score (nSPS) is 23.8. The van der Waals surface area contributed by atoms with E-state index >= 15 is 0 Å². The predicted molar refractivity (Wildman–Crippen MR) is 79.0 cm³/mol. The molecular formula is C17H26FN. The van der Waals surface area contributed by atoms with Crippen LogP contribution in [0.15, 0.2) is 18.2 Å². The van der Waals surface area contributed by atoms with Crippen LogP contribution in [0.5, 0.6) is 0 Å². The van der Waals surface area contributed by atoms with Gasteiger partial charge in [-0.3, -0.25) is 0 Å². The second-order valence-corrected chi connectivity index (χ2v) is 6.21. The summed E-state index contributed by atoms with van der Waals surface area (Å²) in [6.07, 6.45) is 5.06. The first kappa shape index (κ1) is 14.5. The van der Waals surface area contributed by atoms with Crippen molar-refractivity contribution in [3.05, 3.63) is 35.1 Å². The van der Waals surface area contributed by atoms with Crippen molar-refractivity contribution in [3.8, 4) is 0 Å². The molecule has 0 amide bonds. The maximum atomic E-state index is 13.5. The van der Waals surface area contributed by atoms with Crippen LogP contribution in [-0.4, -0.2) is 12.6 Å². The van der Waals surface area contributed by atoms with Crippen LogP contribution in [0.25, 0.3) is 0 Å². The van der Waals surface area contributed by atoms with Crippen LogP contribution < -0.4 is 5.32 Å². The van der Waals surface area contributed by atoms with Gasteiger partial charge in [0.25, 0.3) is 0 Å². The number of rotatable bonds is 4. The standard InChI is InChI=1S/C17H26FN/c1-12(2)19-11-14-6-4-5-7-16(14)17-10-15(18)9-8-13(17)3/h8-10,12,14,16,19H,4-7,11H2,1-3H3. The smallest absolute Gasteiger partial charge is 0.123 e. The van der Waals surface area contributed by atoms with Crippen LogP contribution in [0, 0.1) is 18.7 Å². The van der Waals surface area contributed by atoms with Crippen LogP contribution in [0.2, 0.25) is 0 Å². The van der Waals surface area contributed by atoms with Crippen molar-refractivity contribution >= 4 is 0 Å². The topological polar surface area (TPSA) is 12.0 Å². The van der Waals surface area contributed by atoms with Gasteiger partial charge in [0.15, 0.2) is 0 Å². The van der Waals surface area contributed by atoms with E-state index in [1.54, 1.807) is 12.1 Å². The fourth-order valence-electron chi connectivity index (χ4n) is 3.26. The highest BCUT2D eigenvalue weighted by Gasteiger charge is 2.27. The highest BCUT2D eigenvalue weighted by molar-refractivity contribution is 5.31. The Hall–Kier alpha value is -0.890. The van der Waals surface area contributed by atoms with E-state index in [4.69, 9.17) is 0 Å². The Bertz CT molecular complexity index is 414. The van der Waals surface area contributed by atoms with Crippen molar-refractivity contribution in [3.63, 3.8) is 0 Å². The molecule has 1 aromatic carbocycles. The second kappa shape index (κ2) is 6.51. The SMILES string of the molecule is Cc1ccc(F)cc1C1CCCCC1CNC(C)C. The summed E-state index contributed by atoms with van der Waals surface area (Å²) in [4.78, 5) is 0. The molecule has 0 spiro atoms. The molecule has 0 heterocycles. The van der Waals surface area contributed by atoms with Crippen LogP contribution in [0.3, 0.4) is 0 Å². The van der Waals surface area contributed by atoms with E-state index in [-0.39, 0.29) is 5.82 Å². The summed E-state index contributed by atoms with van der Waals surface area (Å²) in [5.74, 6) is 1.08. The van der Waals surface area contributed by atoms with Gasteiger partial charge >= 0.3 is 0 Å². The van der Waals surface area contributed by atoms with Crippen LogP contribution in [0.1, 0.15) is 56.6 Å². The molecule has 1 aromatic rings. The Morgan fingerprint density at radius 1 is 1.26 bits per heavy atom. The number of halogens is 1. The van der Waals surface area contributed by atoms with E-state index in [0.29, 0.717) is 17.9 Å². The molecule has 1 aliphatic rings. The number of hydrogen-bond donors (Lipinski definition) is 1. The van der Waals surface area contributed by atoms with Gasteiger partial charge in [-0.2, -0.15) is 0 Å². The van der Waals surface area contributed by atoms with E-state index in [2.05, 4.69) is 26.1 Å². The average Bonchev–Trinajstić information content (AvgIpc) is 2.39. The molecule has 1 saturated carbocycles. The molecule has 0 saturated heterocycles. The Morgan fingerprint density at radius 3 is 2.74 bits per heavy atom. The molecule has 1 aliphatic carbocycles. The highest BCUT2D eigenvalue weighted by Crippen LogP contribution is 2.39. The van der Waals surface area contributed by atoms with Crippen molar-refractivity contribution in [1.82, 2.24) is 5.32 Å². The molecule has 0 radical (unpaired) electrons. The zero-order valence-electron chi connectivity index (χ0n) is 12.4. The van der Waals surface area contributed by atoms with E-state index in [1.807, 2.05) is 6.07 Å². The molecule has 19 heavy (non-hydrogen) atoms.